The van der Waals surface area contributed by atoms with Gasteiger partial charge in [-0.2, -0.15) is 0 Å². The second-order valence-electron chi connectivity index (χ2n) is 10.5. The average Bonchev–Trinajstić information content (AvgIpc) is 3.72. The number of para-hydroxylation sites is 1. The minimum absolute atomic E-state index is 0.0259. The lowest BCUT2D eigenvalue weighted by Crippen LogP contribution is -2.17. The molecule has 7 nitrogen and oxygen atoms in total. The van der Waals surface area contributed by atoms with Crippen molar-refractivity contribution in [2.45, 2.75) is 45.3 Å². The van der Waals surface area contributed by atoms with Crippen molar-refractivity contribution in [3.63, 3.8) is 0 Å². The fraction of sp³-hybridized carbons (Fsp3) is 0.219. The number of fused-ring (bicyclic) bond motifs is 1. The van der Waals surface area contributed by atoms with Crippen molar-refractivity contribution in [1.29, 1.82) is 0 Å². The van der Waals surface area contributed by atoms with Crippen molar-refractivity contribution < 1.29 is 18.3 Å². The summed E-state index contributed by atoms with van der Waals surface area (Å²) >= 11 is 0. The summed E-state index contributed by atoms with van der Waals surface area (Å²) in [7, 11) is 0. The third kappa shape index (κ3) is 5.75. The lowest BCUT2D eigenvalue weighted by atomic mass is 10.0. The number of carbonyl (C=O) groups excluding carboxylic acids is 1. The van der Waals surface area contributed by atoms with Gasteiger partial charge in [0, 0.05) is 36.1 Å². The predicted molar refractivity (Wildman–Crippen MR) is 155 cm³/mol. The molecule has 3 N–H and O–H groups in total. The van der Waals surface area contributed by atoms with Gasteiger partial charge in [-0.15, -0.1) is 0 Å². The number of amides is 1. The summed E-state index contributed by atoms with van der Waals surface area (Å²) in [5, 5.41) is 6.59. The van der Waals surface area contributed by atoms with Crippen LogP contribution in [0.3, 0.4) is 0 Å². The van der Waals surface area contributed by atoms with E-state index >= 15 is 0 Å². The van der Waals surface area contributed by atoms with Crippen molar-refractivity contribution in [1.82, 2.24) is 15.0 Å². The van der Waals surface area contributed by atoms with E-state index in [-0.39, 0.29) is 17.5 Å². The topological polar surface area (TPSA) is 91.9 Å². The van der Waals surface area contributed by atoms with E-state index in [0.29, 0.717) is 18.2 Å². The molecule has 0 saturated heterocycles. The molecule has 3 aromatic heterocycles. The Morgan fingerprint density at radius 2 is 1.88 bits per heavy atom. The van der Waals surface area contributed by atoms with Gasteiger partial charge in [0.05, 0.1) is 11.7 Å². The van der Waals surface area contributed by atoms with Crippen LogP contribution >= 0.6 is 0 Å². The molecule has 208 valence electrons. The molecule has 6 rings (SSSR count). The van der Waals surface area contributed by atoms with Crippen LogP contribution in [-0.4, -0.2) is 27.0 Å². The highest BCUT2D eigenvalue weighted by Gasteiger charge is 2.25. The number of rotatable bonds is 9. The van der Waals surface area contributed by atoms with Crippen molar-refractivity contribution in [3.8, 4) is 16.9 Å². The maximum atomic E-state index is 14.1. The van der Waals surface area contributed by atoms with Crippen LogP contribution in [0.5, 0.6) is 5.75 Å². The Balaban J connectivity index is 1.29. The molecule has 5 aromatic rings. The summed E-state index contributed by atoms with van der Waals surface area (Å²) in [5.41, 5.74) is 4.62. The van der Waals surface area contributed by atoms with E-state index in [9.17, 15) is 13.6 Å². The van der Waals surface area contributed by atoms with Crippen molar-refractivity contribution in [2.24, 2.45) is 0 Å². The van der Waals surface area contributed by atoms with Crippen molar-refractivity contribution in [2.75, 3.05) is 10.6 Å². The Hall–Kier alpha value is -4.79. The van der Waals surface area contributed by atoms with E-state index in [1.165, 1.54) is 24.5 Å². The molecular weight excluding hydrogens is 524 g/mol. The molecule has 9 heteroatoms. The molecule has 0 bridgehead atoms. The average molecular weight is 554 g/mol. The molecule has 0 radical (unpaired) electrons. The Morgan fingerprint density at radius 3 is 2.63 bits per heavy atom. The quantitative estimate of drug-likeness (QED) is 0.177. The van der Waals surface area contributed by atoms with Crippen LogP contribution in [0.2, 0.25) is 0 Å². The number of carbonyl (C=O) groups is 1. The number of aromatic nitrogens is 3. The smallest absolute Gasteiger partial charge is 0.259 e. The van der Waals surface area contributed by atoms with Crippen molar-refractivity contribution in [3.05, 3.63) is 102 Å². The van der Waals surface area contributed by atoms with E-state index in [1.807, 2.05) is 38.4 Å². The minimum Gasteiger partial charge on any atom is -0.491 e. The number of hydrogen-bond acceptors (Lipinski definition) is 5. The fourth-order valence-electron chi connectivity index (χ4n) is 4.87. The Bertz CT molecular complexity index is 1730. The molecular formula is C32H29F2N5O2. The molecule has 1 amide bonds. The maximum Gasteiger partial charge on any atom is 0.259 e. The first-order valence-electron chi connectivity index (χ1n) is 13.6. The number of anilines is 2. The van der Waals surface area contributed by atoms with Gasteiger partial charge in [-0.25, -0.2) is 18.7 Å². The van der Waals surface area contributed by atoms with Gasteiger partial charge in [0.15, 0.2) is 0 Å². The van der Waals surface area contributed by atoms with E-state index < -0.39 is 23.2 Å². The number of halogens is 2. The normalized spacial score (nSPS) is 13.0. The standard InChI is InChI=1S/C32H29F2N5O2/c1-18(2)41-23-12-19(11-21(13-23)26-17-38-31-25(26)14-22(16-37-31)20-8-9-20)15-36-30-24(5-4-10-35-30)32(40)39-29-27(33)6-3-7-28(29)34/h3-7,10-14,16-18,20H,8-9,15H2,1-2H3,(H,35,36)(H,37,38)(H,39,40). The number of nitrogens with one attached hydrogen (secondary N) is 3. The molecule has 41 heavy (non-hydrogen) atoms. The van der Waals surface area contributed by atoms with Crippen LogP contribution in [0, 0.1) is 11.6 Å². The maximum absolute atomic E-state index is 14.1. The second kappa shape index (κ2) is 11.0. The lowest BCUT2D eigenvalue weighted by molar-refractivity contribution is 0.102. The number of H-pyrrole nitrogens is 1. The number of hydrogen-bond donors (Lipinski definition) is 3. The molecule has 0 aliphatic heterocycles. The van der Waals surface area contributed by atoms with E-state index in [4.69, 9.17) is 4.74 Å². The van der Waals surface area contributed by atoms with Crippen LogP contribution in [0.1, 0.15) is 54.1 Å². The van der Waals surface area contributed by atoms with E-state index in [2.05, 4.69) is 37.7 Å². The first-order valence-corrected chi connectivity index (χ1v) is 13.6. The number of ether oxygens (including phenoxy) is 1. The SMILES string of the molecule is CC(C)Oc1cc(CNc2ncccc2C(=O)Nc2c(F)cccc2F)cc(-c2c[nH]c3ncc(C4CC4)cc23)c1. The molecule has 3 heterocycles. The first-order chi connectivity index (χ1) is 19.9. The first kappa shape index (κ1) is 26.4. The van der Waals surface area contributed by atoms with Gasteiger partial charge in [-0.3, -0.25) is 4.79 Å². The Kier molecular flexibility index (Phi) is 7.09. The Labute approximate surface area is 236 Å². The minimum atomic E-state index is -0.858. The molecule has 2 aromatic carbocycles. The summed E-state index contributed by atoms with van der Waals surface area (Å²) in [6.07, 6.45) is 7.83. The zero-order valence-electron chi connectivity index (χ0n) is 22.7. The van der Waals surface area contributed by atoms with Gasteiger partial charge in [-0.05, 0) is 97.8 Å². The number of nitrogens with zero attached hydrogens (tertiary/aromatic N) is 2. The predicted octanol–water partition coefficient (Wildman–Crippen LogP) is 7.43. The summed E-state index contributed by atoms with van der Waals surface area (Å²) in [6.45, 7) is 4.26. The summed E-state index contributed by atoms with van der Waals surface area (Å²) < 4.78 is 34.3. The van der Waals surface area contributed by atoms with Gasteiger partial charge in [0.2, 0.25) is 0 Å². The fourth-order valence-corrected chi connectivity index (χ4v) is 4.87. The lowest BCUT2D eigenvalue weighted by Gasteiger charge is -2.15. The van der Waals surface area contributed by atoms with Gasteiger partial charge in [-0.1, -0.05) is 6.07 Å². The van der Waals surface area contributed by atoms with Gasteiger partial charge in [0.1, 0.15) is 34.5 Å². The molecule has 1 saturated carbocycles. The molecule has 1 aliphatic rings. The molecule has 1 aliphatic carbocycles. The number of aromatic amines is 1. The highest BCUT2D eigenvalue weighted by molar-refractivity contribution is 6.07. The van der Waals surface area contributed by atoms with Crippen molar-refractivity contribution >= 4 is 28.4 Å². The third-order valence-corrected chi connectivity index (χ3v) is 6.96. The summed E-state index contributed by atoms with van der Waals surface area (Å²) in [4.78, 5) is 25.2. The third-order valence-electron chi connectivity index (χ3n) is 6.96. The highest BCUT2D eigenvalue weighted by atomic mass is 19.1. The largest absolute Gasteiger partial charge is 0.491 e. The van der Waals surface area contributed by atoms with Gasteiger partial charge in [0.25, 0.3) is 5.91 Å². The zero-order valence-corrected chi connectivity index (χ0v) is 22.7. The van der Waals surface area contributed by atoms with Crippen LogP contribution in [0.25, 0.3) is 22.2 Å². The van der Waals surface area contributed by atoms with Crippen LogP contribution in [0.15, 0.2) is 73.2 Å². The Morgan fingerprint density at radius 1 is 1.07 bits per heavy atom. The monoisotopic (exact) mass is 553 g/mol. The van der Waals surface area contributed by atoms with Crippen LogP contribution in [0.4, 0.5) is 20.3 Å². The highest BCUT2D eigenvalue weighted by Crippen LogP contribution is 2.41. The second-order valence-corrected chi connectivity index (χ2v) is 10.5. The van der Waals surface area contributed by atoms with Crippen LogP contribution < -0.4 is 15.4 Å². The zero-order chi connectivity index (χ0) is 28.5. The number of pyridine rings is 2. The molecule has 0 atom stereocenters. The van der Waals surface area contributed by atoms with E-state index in [1.54, 1.807) is 18.3 Å². The van der Waals surface area contributed by atoms with Crippen LogP contribution in [-0.2, 0) is 6.54 Å². The van der Waals surface area contributed by atoms with E-state index in [0.717, 1.165) is 39.9 Å². The molecule has 0 spiro atoms. The summed E-state index contributed by atoms with van der Waals surface area (Å²) in [5.74, 6) is -0.816. The molecule has 0 unspecified atom stereocenters. The summed E-state index contributed by atoms with van der Waals surface area (Å²) in [6, 6.07) is 14.8. The van der Waals surface area contributed by atoms with Gasteiger partial charge >= 0.3 is 0 Å². The number of benzene rings is 2. The molecule has 1 fully saturated rings. The van der Waals surface area contributed by atoms with Gasteiger partial charge < -0.3 is 20.4 Å².